The normalized spacial score (nSPS) is 11.9. The molecule has 1 rings (SSSR count). The number of hydrogen-bond donors (Lipinski definition) is 2. The summed E-state index contributed by atoms with van der Waals surface area (Å²) in [6, 6.07) is 0. The van der Waals surface area contributed by atoms with Gasteiger partial charge in [-0.25, -0.2) is 13.1 Å². The van der Waals surface area contributed by atoms with E-state index in [4.69, 9.17) is 5.11 Å². The quantitative estimate of drug-likeness (QED) is 0.571. The third-order valence-corrected chi connectivity index (χ3v) is 3.96. The fourth-order valence-corrected chi connectivity index (χ4v) is 1.96. The number of nitrogens with one attached hydrogen (secondary N) is 1. The summed E-state index contributed by atoms with van der Waals surface area (Å²) >= 11 is 0. The minimum Gasteiger partial charge on any atom is -0.394 e. The topological polar surface area (TPSA) is 97.1 Å². The molecule has 98 valence electrons. The van der Waals surface area contributed by atoms with E-state index >= 15 is 0 Å². The van der Waals surface area contributed by atoms with Crippen molar-refractivity contribution in [2.45, 2.75) is 20.0 Å². The molecule has 0 saturated carbocycles. The van der Waals surface area contributed by atoms with Crippen LogP contribution < -0.4 is 5.32 Å². The van der Waals surface area contributed by atoms with Crippen molar-refractivity contribution in [3.63, 3.8) is 0 Å². The number of aliphatic hydroxyl groups is 1. The van der Waals surface area contributed by atoms with Crippen LogP contribution in [0, 0.1) is 0 Å². The van der Waals surface area contributed by atoms with Crippen LogP contribution in [0.4, 0.5) is 0 Å². The van der Waals surface area contributed by atoms with Crippen LogP contribution in [0.1, 0.15) is 12.6 Å². The van der Waals surface area contributed by atoms with Crippen LogP contribution in [0.2, 0.25) is 0 Å². The number of hydrogen-bond acceptors (Lipinski definition) is 6. The molecule has 0 unspecified atom stereocenters. The van der Waals surface area contributed by atoms with Crippen LogP contribution in [0.5, 0.6) is 0 Å². The highest BCUT2D eigenvalue weighted by molar-refractivity contribution is 7.91. The molecule has 0 radical (unpaired) electrons. The van der Waals surface area contributed by atoms with E-state index in [9.17, 15) is 8.42 Å². The molecular weight excluding hydrogens is 244 g/mol. The van der Waals surface area contributed by atoms with Crippen molar-refractivity contribution < 1.29 is 13.5 Å². The van der Waals surface area contributed by atoms with E-state index in [1.165, 1.54) is 0 Å². The Bertz CT molecular complexity index is 429. The maximum Gasteiger partial charge on any atom is 0.151 e. The molecule has 0 spiro atoms. The minimum atomic E-state index is -2.91. The number of aliphatic hydroxyl groups excluding tert-OH is 1. The highest BCUT2D eigenvalue weighted by atomic mass is 32.2. The lowest BCUT2D eigenvalue weighted by Gasteiger charge is -2.02. The number of rotatable bonds is 8. The first kappa shape index (κ1) is 14.1. The van der Waals surface area contributed by atoms with E-state index in [-0.39, 0.29) is 18.1 Å². The average molecular weight is 262 g/mol. The SMILES string of the molecule is CCS(=O)(=O)CCNCc1cn(CCO)nn1. The molecule has 2 N–H and O–H groups in total. The van der Waals surface area contributed by atoms with E-state index < -0.39 is 9.84 Å². The van der Waals surface area contributed by atoms with Gasteiger partial charge < -0.3 is 10.4 Å². The van der Waals surface area contributed by atoms with Gasteiger partial charge in [0.1, 0.15) is 0 Å². The number of sulfone groups is 1. The van der Waals surface area contributed by atoms with Gasteiger partial charge in [0.05, 0.1) is 24.6 Å². The Morgan fingerprint density at radius 3 is 2.94 bits per heavy atom. The van der Waals surface area contributed by atoms with Gasteiger partial charge in [-0.1, -0.05) is 12.1 Å². The average Bonchev–Trinajstić information content (AvgIpc) is 2.73. The smallest absolute Gasteiger partial charge is 0.151 e. The second-order valence-corrected chi connectivity index (χ2v) is 6.08. The van der Waals surface area contributed by atoms with E-state index in [1.54, 1.807) is 17.8 Å². The Kier molecular flexibility index (Phi) is 5.52. The lowest BCUT2D eigenvalue weighted by Crippen LogP contribution is -2.23. The summed E-state index contributed by atoms with van der Waals surface area (Å²) in [7, 11) is -2.91. The van der Waals surface area contributed by atoms with Crippen LogP contribution >= 0.6 is 0 Å². The molecule has 0 aromatic carbocycles. The summed E-state index contributed by atoms with van der Waals surface area (Å²) in [5.41, 5.74) is 0.729. The molecule has 0 aliphatic carbocycles. The zero-order valence-electron chi connectivity index (χ0n) is 9.83. The van der Waals surface area contributed by atoms with E-state index in [0.29, 0.717) is 19.6 Å². The van der Waals surface area contributed by atoms with Crippen LogP contribution in [-0.4, -0.2) is 53.2 Å². The maximum atomic E-state index is 11.2. The molecule has 0 bridgehead atoms. The molecule has 7 nitrogen and oxygen atoms in total. The highest BCUT2D eigenvalue weighted by Crippen LogP contribution is 1.93. The van der Waals surface area contributed by atoms with Crippen molar-refractivity contribution in [1.29, 1.82) is 0 Å². The Balaban J connectivity index is 2.26. The third kappa shape index (κ3) is 5.24. The van der Waals surface area contributed by atoms with Crippen molar-refractivity contribution in [2.24, 2.45) is 0 Å². The lowest BCUT2D eigenvalue weighted by molar-refractivity contribution is 0.268. The van der Waals surface area contributed by atoms with Crippen molar-refractivity contribution in [1.82, 2.24) is 20.3 Å². The molecule has 0 aliphatic heterocycles. The molecule has 17 heavy (non-hydrogen) atoms. The van der Waals surface area contributed by atoms with Crippen LogP contribution in [-0.2, 0) is 22.9 Å². The molecule has 0 fully saturated rings. The third-order valence-electron chi connectivity index (χ3n) is 2.25. The van der Waals surface area contributed by atoms with E-state index in [0.717, 1.165) is 5.69 Å². The number of aromatic nitrogens is 3. The Labute approximate surface area is 101 Å². The predicted octanol–water partition coefficient (Wildman–Crippen LogP) is -1.21. The van der Waals surface area contributed by atoms with Crippen LogP contribution in [0.3, 0.4) is 0 Å². The van der Waals surface area contributed by atoms with Crippen molar-refractivity contribution in [3.05, 3.63) is 11.9 Å². The largest absolute Gasteiger partial charge is 0.394 e. The summed E-state index contributed by atoms with van der Waals surface area (Å²) < 4.78 is 23.9. The molecule has 0 amide bonds. The zero-order valence-corrected chi connectivity index (χ0v) is 10.7. The Hall–Kier alpha value is -0.990. The molecule has 1 aromatic heterocycles. The van der Waals surface area contributed by atoms with Gasteiger partial charge in [-0.15, -0.1) is 5.10 Å². The van der Waals surface area contributed by atoms with Crippen LogP contribution in [0.25, 0.3) is 0 Å². The van der Waals surface area contributed by atoms with Gasteiger partial charge in [0.2, 0.25) is 0 Å². The molecule has 0 aliphatic rings. The minimum absolute atomic E-state index is 0.0188. The highest BCUT2D eigenvalue weighted by Gasteiger charge is 2.06. The zero-order chi connectivity index (χ0) is 12.7. The van der Waals surface area contributed by atoms with Gasteiger partial charge in [0.25, 0.3) is 0 Å². The van der Waals surface area contributed by atoms with E-state index in [2.05, 4.69) is 15.6 Å². The molecule has 1 heterocycles. The first-order valence-electron chi connectivity index (χ1n) is 5.48. The predicted molar refractivity (Wildman–Crippen MR) is 63.1 cm³/mol. The van der Waals surface area contributed by atoms with Crippen LogP contribution in [0.15, 0.2) is 6.20 Å². The molecule has 0 saturated heterocycles. The lowest BCUT2D eigenvalue weighted by atomic mass is 10.4. The fraction of sp³-hybridized carbons (Fsp3) is 0.778. The molecular formula is C9H18N4O3S. The maximum absolute atomic E-state index is 11.2. The molecule has 1 aromatic rings. The van der Waals surface area contributed by atoms with Gasteiger partial charge in [0.15, 0.2) is 9.84 Å². The van der Waals surface area contributed by atoms with Gasteiger partial charge in [-0.2, -0.15) is 0 Å². The van der Waals surface area contributed by atoms with Gasteiger partial charge in [0, 0.05) is 25.0 Å². The summed E-state index contributed by atoms with van der Waals surface area (Å²) in [6.07, 6.45) is 1.72. The van der Waals surface area contributed by atoms with E-state index in [1.807, 2.05) is 0 Å². The molecule has 8 heteroatoms. The summed E-state index contributed by atoms with van der Waals surface area (Å²) in [5.74, 6) is 0.301. The Morgan fingerprint density at radius 2 is 2.29 bits per heavy atom. The Morgan fingerprint density at radius 1 is 1.53 bits per heavy atom. The second kappa shape index (κ2) is 6.67. The molecule has 0 atom stereocenters. The summed E-state index contributed by atoms with van der Waals surface area (Å²) in [5, 5.41) is 19.4. The van der Waals surface area contributed by atoms with Crippen molar-refractivity contribution >= 4 is 9.84 Å². The number of nitrogens with zero attached hydrogens (tertiary/aromatic N) is 3. The second-order valence-electron chi connectivity index (χ2n) is 3.61. The van der Waals surface area contributed by atoms with Gasteiger partial charge >= 0.3 is 0 Å². The van der Waals surface area contributed by atoms with Gasteiger partial charge in [-0.05, 0) is 0 Å². The van der Waals surface area contributed by atoms with Gasteiger partial charge in [-0.3, -0.25) is 0 Å². The summed E-state index contributed by atoms with van der Waals surface area (Å²) in [6.45, 7) is 2.95. The summed E-state index contributed by atoms with van der Waals surface area (Å²) in [4.78, 5) is 0. The monoisotopic (exact) mass is 262 g/mol. The first-order chi connectivity index (χ1) is 8.07. The fourth-order valence-electron chi connectivity index (χ4n) is 1.22. The van der Waals surface area contributed by atoms with Crippen molar-refractivity contribution in [2.75, 3.05) is 24.7 Å². The first-order valence-corrected chi connectivity index (χ1v) is 7.30. The van der Waals surface area contributed by atoms with Crippen molar-refractivity contribution in [3.8, 4) is 0 Å². The standard InChI is InChI=1S/C9H18N4O3S/c1-2-17(15,16)6-3-10-7-9-8-13(4-5-14)12-11-9/h8,10,14H,2-7H2,1H3.